The zero-order valence-corrected chi connectivity index (χ0v) is 9.75. The summed E-state index contributed by atoms with van der Waals surface area (Å²) in [6, 6.07) is 2.14. The van der Waals surface area contributed by atoms with E-state index in [9.17, 15) is 27.5 Å². The van der Waals surface area contributed by atoms with E-state index in [0.717, 1.165) is 6.07 Å². The Hall–Kier alpha value is -1.63. The molecule has 0 unspecified atom stereocenters. The van der Waals surface area contributed by atoms with Crippen molar-refractivity contribution in [1.82, 2.24) is 4.90 Å². The van der Waals surface area contributed by atoms with Crippen molar-refractivity contribution in [3.63, 3.8) is 0 Å². The molecule has 0 saturated carbocycles. The number of rotatable bonds is 1. The smallest absolute Gasteiger partial charge is 0.391 e. The molecule has 0 radical (unpaired) electrons. The van der Waals surface area contributed by atoms with Gasteiger partial charge in [0.05, 0.1) is 11.7 Å². The molecule has 104 valence electrons. The standard InChI is InChI=1S/C12H11F4NO2/c13-10-2-1-7(5-9(10)12(14,15)16)11(19)17-4-3-8(18)6-17/h1-2,5,8,18H,3-4,6H2/t8-/m0/s1. The predicted octanol–water partition coefficient (Wildman–Crippen LogP) is 2.05. The third-order valence-electron chi connectivity index (χ3n) is 2.97. The van der Waals surface area contributed by atoms with Gasteiger partial charge in [-0.05, 0) is 24.6 Å². The summed E-state index contributed by atoms with van der Waals surface area (Å²) in [6.45, 7) is 0.357. The van der Waals surface area contributed by atoms with E-state index in [-0.39, 0.29) is 18.7 Å². The Morgan fingerprint density at radius 1 is 1.37 bits per heavy atom. The monoisotopic (exact) mass is 277 g/mol. The SMILES string of the molecule is O=C(c1ccc(F)c(C(F)(F)F)c1)N1CC[C@H](O)C1. The summed E-state index contributed by atoms with van der Waals surface area (Å²) in [6.07, 6.45) is -5.12. The molecule has 1 heterocycles. The molecule has 0 aromatic heterocycles. The molecule has 19 heavy (non-hydrogen) atoms. The molecule has 1 aliphatic rings. The number of β-amino-alcohol motifs (C(OH)–C–C–N with tert-alkyl or cyclic N) is 1. The summed E-state index contributed by atoms with van der Waals surface area (Å²) in [5.74, 6) is -2.05. The molecule has 1 aliphatic heterocycles. The lowest BCUT2D eigenvalue weighted by atomic mass is 10.1. The van der Waals surface area contributed by atoms with Crippen LogP contribution in [0.15, 0.2) is 18.2 Å². The van der Waals surface area contributed by atoms with Gasteiger partial charge in [-0.2, -0.15) is 13.2 Å². The number of amides is 1. The summed E-state index contributed by atoms with van der Waals surface area (Å²) in [5, 5.41) is 9.29. The van der Waals surface area contributed by atoms with Gasteiger partial charge in [0.25, 0.3) is 5.91 Å². The Balaban J connectivity index is 2.28. The molecular weight excluding hydrogens is 266 g/mol. The molecule has 7 heteroatoms. The number of alkyl halides is 3. The highest BCUT2D eigenvalue weighted by atomic mass is 19.4. The highest BCUT2D eigenvalue weighted by molar-refractivity contribution is 5.94. The second-order valence-corrected chi connectivity index (χ2v) is 4.39. The fourth-order valence-corrected chi connectivity index (χ4v) is 1.98. The lowest BCUT2D eigenvalue weighted by Crippen LogP contribution is -2.29. The van der Waals surface area contributed by atoms with Crippen molar-refractivity contribution in [2.24, 2.45) is 0 Å². The van der Waals surface area contributed by atoms with Crippen LogP contribution >= 0.6 is 0 Å². The number of aliphatic hydroxyl groups excluding tert-OH is 1. The number of likely N-dealkylation sites (tertiary alicyclic amines) is 1. The quantitative estimate of drug-likeness (QED) is 0.798. The normalized spacial score (nSPS) is 19.8. The van der Waals surface area contributed by atoms with Gasteiger partial charge in [0.2, 0.25) is 0 Å². The summed E-state index contributed by atoms with van der Waals surface area (Å²) in [5.41, 5.74) is -1.69. The van der Waals surface area contributed by atoms with Gasteiger partial charge in [-0.15, -0.1) is 0 Å². The maximum Gasteiger partial charge on any atom is 0.419 e. The zero-order chi connectivity index (χ0) is 14.2. The second kappa shape index (κ2) is 4.80. The fourth-order valence-electron chi connectivity index (χ4n) is 1.98. The van der Waals surface area contributed by atoms with Crippen LogP contribution < -0.4 is 0 Å². The Bertz CT molecular complexity index is 501. The second-order valence-electron chi connectivity index (χ2n) is 4.39. The van der Waals surface area contributed by atoms with Gasteiger partial charge in [-0.25, -0.2) is 4.39 Å². The number of benzene rings is 1. The number of carbonyl (C=O) groups is 1. The number of aliphatic hydroxyl groups is 1. The van der Waals surface area contributed by atoms with Crippen molar-refractivity contribution >= 4 is 5.91 Å². The minimum atomic E-state index is -4.84. The minimum absolute atomic E-state index is 0.0809. The summed E-state index contributed by atoms with van der Waals surface area (Å²) >= 11 is 0. The van der Waals surface area contributed by atoms with Crippen LogP contribution in [0.25, 0.3) is 0 Å². The van der Waals surface area contributed by atoms with Gasteiger partial charge in [0.15, 0.2) is 0 Å². The Morgan fingerprint density at radius 3 is 2.58 bits per heavy atom. The van der Waals surface area contributed by atoms with Crippen molar-refractivity contribution in [2.45, 2.75) is 18.7 Å². The van der Waals surface area contributed by atoms with E-state index < -0.39 is 29.6 Å². The van der Waals surface area contributed by atoms with Gasteiger partial charge in [0.1, 0.15) is 5.82 Å². The van der Waals surface area contributed by atoms with Crippen LogP contribution in [0.2, 0.25) is 0 Å². The van der Waals surface area contributed by atoms with Gasteiger partial charge in [-0.3, -0.25) is 4.79 Å². The van der Waals surface area contributed by atoms with Crippen LogP contribution in [0.1, 0.15) is 22.3 Å². The number of nitrogens with zero attached hydrogens (tertiary/aromatic N) is 1. The number of hydrogen-bond donors (Lipinski definition) is 1. The van der Waals surface area contributed by atoms with E-state index in [1.807, 2.05) is 0 Å². The van der Waals surface area contributed by atoms with Crippen LogP contribution in [0.5, 0.6) is 0 Å². The van der Waals surface area contributed by atoms with Crippen LogP contribution in [0.4, 0.5) is 17.6 Å². The van der Waals surface area contributed by atoms with Gasteiger partial charge >= 0.3 is 6.18 Å². The summed E-state index contributed by atoms with van der Waals surface area (Å²) in [4.78, 5) is 13.2. The first-order valence-corrected chi connectivity index (χ1v) is 5.63. The topological polar surface area (TPSA) is 40.5 Å². The molecule has 0 bridgehead atoms. The van der Waals surface area contributed by atoms with Crippen molar-refractivity contribution < 1.29 is 27.5 Å². The highest BCUT2D eigenvalue weighted by Crippen LogP contribution is 2.32. The van der Waals surface area contributed by atoms with E-state index in [1.54, 1.807) is 0 Å². The molecule has 1 fully saturated rings. The molecule has 0 spiro atoms. The van der Waals surface area contributed by atoms with Gasteiger partial charge in [-0.1, -0.05) is 0 Å². The van der Waals surface area contributed by atoms with Crippen LogP contribution in [0.3, 0.4) is 0 Å². The molecule has 1 atom stereocenters. The van der Waals surface area contributed by atoms with Crippen LogP contribution in [-0.4, -0.2) is 35.1 Å². The summed E-state index contributed by atoms with van der Waals surface area (Å²) < 4.78 is 50.7. The van der Waals surface area contributed by atoms with E-state index in [2.05, 4.69) is 0 Å². The minimum Gasteiger partial charge on any atom is -0.391 e. The van der Waals surface area contributed by atoms with E-state index >= 15 is 0 Å². The average Bonchev–Trinajstić information content (AvgIpc) is 2.74. The number of halogens is 4. The van der Waals surface area contributed by atoms with Crippen LogP contribution in [0, 0.1) is 5.82 Å². The lowest BCUT2D eigenvalue weighted by Gasteiger charge is -2.16. The van der Waals surface area contributed by atoms with E-state index in [4.69, 9.17) is 0 Å². The van der Waals surface area contributed by atoms with Crippen molar-refractivity contribution in [1.29, 1.82) is 0 Å². The predicted molar refractivity (Wildman–Crippen MR) is 57.9 cm³/mol. The van der Waals surface area contributed by atoms with Crippen molar-refractivity contribution in [3.05, 3.63) is 35.1 Å². The third-order valence-corrected chi connectivity index (χ3v) is 2.97. The third kappa shape index (κ3) is 2.86. The van der Waals surface area contributed by atoms with Crippen LogP contribution in [-0.2, 0) is 6.18 Å². The molecule has 1 amide bonds. The Labute approximate surface area is 106 Å². The van der Waals surface area contributed by atoms with Crippen molar-refractivity contribution in [2.75, 3.05) is 13.1 Å². The largest absolute Gasteiger partial charge is 0.419 e. The fraction of sp³-hybridized carbons (Fsp3) is 0.417. The molecule has 1 aromatic rings. The summed E-state index contributed by atoms with van der Waals surface area (Å²) in [7, 11) is 0. The number of carbonyl (C=O) groups excluding carboxylic acids is 1. The lowest BCUT2D eigenvalue weighted by molar-refractivity contribution is -0.140. The molecule has 3 nitrogen and oxygen atoms in total. The average molecular weight is 277 g/mol. The molecule has 2 rings (SSSR count). The Kier molecular flexibility index (Phi) is 3.49. The molecule has 1 aromatic carbocycles. The molecular formula is C12H11F4NO2. The zero-order valence-electron chi connectivity index (χ0n) is 9.75. The molecule has 0 aliphatic carbocycles. The van der Waals surface area contributed by atoms with Gasteiger partial charge < -0.3 is 10.0 Å². The first-order valence-electron chi connectivity index (χ1n) is 5.63. The van der Waals surface area contributed by atoms with E-state index in [1.165, 1.54) is 4.90 Å². The number of hydrogen-bond acceptors (Lipinski definition) is 2. The molecule has 1 saturated heterocycles. The maximum absolute atomic E-state index is 13.1. The van der Waals surface area contributed by atoms with Gasteiger partial charge in [0, 0.05) is 18.7 Å². The van der Waals surface area contributed by atoms with Crippen molar-refractivity contribution in [3.8, 4) is 0 Å². The first kappa shape index (κ1) is 13.8. The maximum atomic E-state index is 13.1. The Morgan fingerprint density at radius 2 is 2.05 bits per heavy atom. The first-order chi connectivity index (χ1) is 8.79. The molecule has 1 N–H and O–H groups in total. The highest BCUT2D eigenvalue weighted by Gasteiger charge is 2.35. The van der Waals surface area contributed by atoms with E-state index in [0.29, 0.717) is 18.6 Å².